The van der Waals surface area contributed by atoms with Crippen LogP contribution in [0.15, 0.2) is 10.7 Å². The predicted molar refractivity (Wildman–Crippen MR) is 53.2 cm³/mol. The minimum Gasteiger partial charge on any atom is -0.315 e. The molecule has 1 rings (SSSR count). The lowest BCUT2D eigenvalue weighted by Crippen LogP contribution is -2.31. The van der Waals surface area contributed by atoms with Gasteiger partial charge in [-0.15, -0.1) is 0 Å². The normalized spacial score (nSPS) is 14.3. The molecule has 15 heavy (non-hydrogen) atoms. The molecule has 0 bridgehead atoms. The number of rotatable bonds is 3. The summed E-state index contributed by atoms with van der Waals surface area (Å²) in [6, 6.07) is -2.00. The molecule has 0 amide bonds. The van der Waals surface area contributed by atoms with Crippen molar-refractivity contribution in [3.8, 4) is 0 Å². The highest BCUT2D eigenvalue weighted by Crippen LogP contribution is 2.34. The molecule has 86 valence electrons. The summed E-state index contributed by atoms with van der Waals surface area (Å²) in [5.74, 6) is 0. The van der Waals surface area contributed by atoms with Crippen LogP contribution in [0.25, 0.3) is 0 Å². The van der Waals surface area contributed by atoms with E-state index in [2.05, 4.69) is 21.0 Å². The number of alkyl halides is 3. The van der Waals surface area contributed by atoms with Gasteiger partial charge in [0.25, 0.3) is 0 Å². The summed E-state index contributed by atoms with van der Waals surface area (Å²) >= 11 is 3.02. The summed E-state index contributed by atoms with van der Waals surface area (Å²) < 4.78 is 38.8. The Morgan fingerprint density at radius 3 is 2.67 bits per heavy atom. The number of hydrogen-bond donors (Lipinski definition) is 1. The maximum absolute atomic E-state index is 12.4. The molecule has 0 aromatic carbocycles. The summed E-state index contributed by atoms with van der Waals surface area (Å²) in [6.45, 7) is 2.28. The highest BCUT2D eigenvalue weighted by atomic mass is 79.9. The van der Waals surface area contributed by atoms with E-state index in [-0.39, 0.29) is 5.69 Å². The minimum absolute atomic E-state index is 0.0237. The first-order chi connectivity index (χ1) is 6.88. The molecule has 0 aliphatic heterocycles. The van der Waals surface area contributed by atoms with Gasteiger partial charge in [0, 0.05) is 6.54 Å². The molecule has 1 aromatic heterocycles. The molecule has 1 heterocycles. The topological polar surface area (TPSA) is 43.8 Å². The zero-order chi connectivity index (χ0) is 11.6. The smallest absolute Gasteiger partial charge is 0.315 e. The van der Waals surface area contributed by atoms with Gasteiger partial charge in [0.15, 0.2) is 0 Å². The van der Waals surface area contributed by atoms with E-state index in [1.807, 2.05) is 6.92 Å². The largest absolute Gasteiger partial charge is 0.409 e. The Hall–Kier alpha value is -0.560. The number of nitrogens with zero attached hydrogens (tertiary/aromatic N) is 2. The molecule has 0 fully saturated rings. The van der Waals surface area contributed by atoms with E-state index in [9.17, 15) is 13.2 Å². The summed E-state index contributed by atoms with van der Waals surface area (Å²) in [7, 11) is 0. The van der Waals surface area contributed by atoms with Gasteiger partial charge in [-0.25, -0.2) is 0 Å². The number of aryl methyl sites for hydroxylation is 1. The first-order valence-corrected chi connectivity index (χ1v) is 5.20. The van der Waals surface area contributed by atoms with Crippen molar-refractivity contribution in [3.63, 3.8) is 0 Å². The highest BCUT2D eigenvalue weighted by Gasteiger charge is 2.40. The van der Waals surface area contributed by atoms with Crippen LogP contribution in [0.2, 0.25) is 0 Å². The van der Waals surface area contributed by atoms with Crippen LogP contribution in [0, 0.1) is 0 Å². The van der Waals surface area contributed by atoms with Gasteiger partial charge in [-0.05, 0) is 22.4 Å². The SMILES string of the molecule is CCCn1ncc(Br)c1C(N)C(F)(F)F. The lowest BCUT2D eigenvalue weighted by atomic mass is 10.2. The summed E-state index contributed by atoms with van der Waals surface area (Å²) in [4.78, 5) is 0. The van der Waals surface area contributed by atoms with E-state index in [1.165, 1.54) is 10.9 Å². The van der Waals surface area contributed by atoms with Crippen molar-refractivity contribution in [2.24, 2.45) is 5.73 Å². The van der Waals surface area contributed by atoms with E-state index in [1.54, 1.807) is 0 Å². The minimum atomic E-state index is -4.45. The summed E-state index contributed by atoms with van der Waals surface area (Å²) in [5.41, 5.74) is 5.11. The summed E-state index contributed by atoms with van der Waals surface area (Å²) in [5, 5.41) is 3.83. The third-order valence-electron chi connectivity index (χ3n) is 1.92. The standard InChI is InChI=1S/C8H11BrF3N3/c1-2-3-15-6(5(9)4-14-15)7(13)8(10,11)12/h4,7H,2-3,13H2,1H3. The quantitative estimate of drug-likeness (QED) is 0.928. The van der Waals surface area contributed by atoms with Crippen LogP contribution in [-0.2, 0) is 6.54 Å². The molecule has 0 radical (unpaired) electrons. The van der Waals surface area contributed by atoms with Crippen molar-refractivity contribution in [2.45, 2.75) is 32.1 Å². The van der Waals surface area contributed by atoms with Crippen LogP contribution in [0.3, 0.4) is 0 Å². The maximum Gasteiger partial charge on any atom is 0.409 e. The molecule has 1 aromatic rings. The average Bonchev–Trinajstić information content (AvgIpc) is 2.45. The molecule has 0 saturated heterocycles. The Morgan fingerprint density at radius 1 is 1.60 bits per heavy atom. The highest BCUT2D eigenvalue weighted by molar-refractivity contribution is 9.10. The molecule has 7 heteroatoms. The molecular formula is C8H11BrF3N3. The third-order valence-corrected chi connectivity index (χ3v) is 2.53. The number of nitrogens with two attached hydrogens (primary N) is 1. The van der Waals surface area contributed by atoms with Gasteiger partial charge in [-0.2, -0.15) is 18.3 Å². The van der Waals surface area contributed by atoms with Crippen LogP contribution < -0.4 is 5.73 Å². The van der Waals surface area contributed by atoms with Crippen molar-refractivity contribution in [2.75, 3.05) is 0 Å². The first kappa shape index (κ1) is 12.5. The van der Waals surface area contributed by atoms with Gasteiger partial charge >= 0.3 is 6.18 Å². The third kappa shape index (κ3) is 2.72. The first-order valence-electron chi connectivity index (χ1n) is 4.41. The van der Waals surface area contributed by atoms with Gasteiger partial charge in [0.1, 0.15) is 6.04 Å². The molecule has 0 spiro atoms. The maximum atomic E-state index is 12.4. The lowest BCUT2D eigenvalue weighted by Gasteiger charge is -2.17. The zero-order valence-corrected chi connectivity index (χ0v) is 9.64. The molecule has 0 aliphatic rings. The van der Waals surface area contributed by atoms with Gasteiger partial charge in [-0.3, -0.25) is 4.68 Å². The van der Waals surface area contributed by atoms with Crippen molar-refractivity contribution >= 4 is 15.9 Å². The lowest BCUT2D eigenvalue weighted by molar-refractivity contribution is -0.150. The Kier molecular flexibility index (Phi) is 3.77. The zero-order valence-electron chi connectivity index (χ0n) is 8.05. The van der Waals surface area contributed by atoms with Crippen LogP contribution in [-0.4, -0.2) is 16.0 Å². The Bertz CT molecular complexity index is 334. The van der Waals surface area contributed by atoms with Crippen LogP contribution in [0.5, 0.6) is 0 Å². The van der Waals surface area contributed by atoms with E-state index < -0.39 is 12.2 Å². The monoisotopic (exact) mass is 285 g/mol. The van der Waals surface area contributed by atoms with Crippen molar-refractivity contribution < 1.29 is 13.2 Å². The van der Waals surface area contributed by atoms with Gasteiger partial charge in [0.05, 0.1) is 16.4 Å². The molecule has 1 atom stereocenters. The second kappa shape index (κ2) is 4.52. The van der Waals surface area contributed by atoms with Gasteiger partial charge < -0.3 is 5.73 Å². The second-order valence-corrected chi connectivity index (χ2v) is 3.97. The van der Waals surface area contributed by atoms with Gasteiger partial charge in [-0.1, -0.05) is 6.92 Å². The van der Waals surface area contributed by atoms with Crippen molar-refractivity contribution in [3.05, 3.63) is 16.4 Å². The van der Waals surface area contributed by atoms with E-state index >= 15 is 0 Å². The Balaban J connectivity index is 3.06. The van der Waals surface area contributed by atoms with Crippen LogP contribution in [0.4, 0.5) is 13.2 Å². The van der Waals surface area contributed by atoms with Crippen LogP contribution >= 0.6 is 15.9 Å². The Morgan fingerprint density at radius 2 is 2.20 bits per heavy atom. The molecular weight excluding hydrogens is 275 g/mol. The molecule has 0 aliphatic carbocycles. The summed E-state index contributed by atoms with van der Waals surface area (Å²) in [6.07, 6.45) is -2.42. The van der Waals surface area contributed by atoms with E-state index in [0.29, 0.717) is 17.4 Å². The van der Waals surface area contributed by atoms with Gasteiger partial charge in [0.2, 0.25) is 0 Å². The molecule has 1 unspecified atom stereocenters. The Labute approximate surface area is 93.6 Å². The fraction of sp³-hybridized carbons (Fsp3) is 0.625. The number of hydrogen-bond acceptors (Lipinski definition) is 2. The number of aromatic nitrogens is 2. The average molecular weight is 286 g/mol. The molecule has 3 nitrogen and oxygen atoms in total. The molecule has 0 saturated carbocycles. The van der Waals surface area contributed by atoms with E-state index in [0.717, 1.165) is 0 Å². The molecule has 2 N–H and O–H groups in total. The fourth-order valence-electron chi connectivity index (χ4n) is 1.23. The fourth-order valence-corrected chi connectivity index (χ4v) is 1.77. The van der Waals surface area contributed by atoms with Crippen molar-refractivity contribution in [1.82, 2.24) is 9.78 Å². The van der Waals surface area contributed by atoms with E-state index in [4.69, 9.17) is 5.73 Å². The second-order valence-electron chi connectivity index (χ2n) is 3.12. The van der Waals surface area contributed by atoms with Crippen LogP contribution in [0.1, 0.15) is 25.1 Å². The predicted octanol–water partition coefficient (Wildman–Crippen LogP) is 2.62. The van der Waals surface area contributed by atoms with Crippen molar-refractivity contribution in [1.29, 1.82) is 0 Å². The number of halogens is 4.